The van der Waals surface area contributed by atoms with Crippen LogP contribution >= 0.6 is 11.6 Å². The minimum absolute atomic E-state index is 0.193. The molecule has 0 heterocycles. The topological polar surface area (TPSA) is 38.3 Å². The van der Waals surface area contributed by atoms with Crippen LogP contribution in [0.1, 0.15) is 18.1 Å². The van der Waals surface area contributed by atoms with Gasteiger partial charge in [-0.25, -0.2) is 0 Å². The molecule has 1 unspecified atom stereocenters. The summed E-state index contributed by atoms with van der Waals surface area (Å²) in [4.78, 5) is 12.5. The van der Waals surface area contributed by atoms with Crippen LogP contribution in [0, 0.1) is 13.8 Å². The fourth-order valence-electron chi connectivity index (χ4n) is 2.80. The van der Waals surface area contributed by atoms with Crippen LogP contribution in [0.5, 0.6) is 5.75 Å². The van der Waals surface area contributed by atoms with E-state index in [1.54, 1.807) is 6.92 Å². The maximum atomic E-state index is 12.5. The van der Waals surface area contributed by atoms with Gasteiger partial charge in [-0.05, 0) is 55.5 Å². The van der Waals surface area contributed by atoms with Gasteiger partial charge >= 0.3 is 0 Å². The summed E-state index contributed by atoms with van der Waals surface area (Å²) in [7, 11) is 0. The average molecular weight is 354 g/mol. The van der Waals surface area contributed by atoms with Crippen LogP contribution in [0.4, 0.5) is 5.69 Å². The number of ether oxygens (including phenoxy) is 1. The molecule has 0 aliphatic heterocycles. The third kappa shape index (κ3) is 3.77. The highest BCUT2D eigenvalue weighted by Gasteiger charge is 2.16. The van der Waals surface area contributed by atoms with E-state index in [-0.39, 0.29) is 5.91 Å². The van der Waals surface area contributed by atoms with E-state index in [2.05, 4.69) is 5.32 Å². The lowest BCUT2D eigenvalue weighted by Gasteiger charge is -2.17. The highest BCUT2D eigenvalue weighted by atomic mass is 35.5. The Hall–Kier alpha value is -2.52. The first-order valence-electron chi connectivity index (χ1n) is 8.18. The first-order chi connectivity index (χ1) is 12.0. The predicted molar refractivity (Wildman–Crippen MR) is 104 cm³/mol. The van der Waals surface area contributed by atoms with Gasteiger partial charge in [-0.15, -0.1) is 0 Å². The fraction of sp³-hybridized carbons (Fsp3) is 0.190. The van der Waals surface area contributed by atoms with Gasteiger partial charge in [0.05, 0.1) is 0 Å². The number of anilines is 1. The van der Waals surface area contributed by atoms with Crippen molar-refractivity contribution in [3.8, 4) is 5.75 Å². The number of aryl methyl sites for hydroxylation is 2. The highest BCUT2D eigenvalue weighted by molar-refractivity contribution is 6.32. The number of benzene rings is 3. The molecule has 1 amide bonds. The molecule has 0 saturated carbocycles. The molecular formula is C21H20ClNO2. The minimum atomic E-state index is -0.626. The molecule has 3 nitrogen and oxygen atoms in total. The Kier molecular flexibility index (Phi) is 4.95. The molecule has 0 radical (unpaired) electrons. The van der Waals surface area contributed by atoms with Gasteiger partial charge in [0, 0.05) is 16.1 Å². The molecule has 3 rings (SSSR count). The van der Waals surface area contributed by atoms with Gasteiger partial charge in [0.25, 0.3) is 5.91 Å². The molecule has 0 aliphatic carbocycles. The van der Waals surface area contributed by atoms with E-state index in [1.807, 2.05) is 68.4 Å². The van der Waals surface area contributed by atoms with Gasteiger partial charge in [-0.2, -0.15) is 0 Å². The monoisotopic (exact) mass is 353 g/mol. The van der Waals surface area contributed by atoms with Crippen molar-refractivity contribution in [3.05, 3.63) is 70.7 Å². The van der Waals surface area contributed by atoms with E-state index in [1.165, 1.54) is 0 Å². The first-order valence-corrected chi connectivity index (χ1v) is 8.55. The van der Waals surface area contributed by atoms with Crippen LogP contribution in [0.15, 0.2) is 54.6 Å². The predicted octanol–water partition coefficient (Wildman–Crippen LogP) is 5.52. The Bertz CT molecular complexity index is 908. The Balaban J connectivity index is 1.77. The number of rotatable bonds is 4. The molecule has 1 atom stereocenters. The molecule has 1 N–H and O–H groups in total. The van der Waals surface area contributed by atoms with Crippen molar-refractivity contribution in [2.75, 3.05) is 5.32 Å². The second kappa shape index (κ2) is 7.16. The molecule has 25 heavy (non-hydrogen) atoms. The largest absolute Gasteiger partial charge is 0.481 e. The lowest BCUT2D eigenvalue weighted by Crippen LogP contribution is -2.30. The molecular weight excluding hydrogens is 334 g/mol. The Morgan fingerprint density at radius 2 is 1.68 bits per heavy atom. The van der Waals surface area contributed by atoms with Gasteiger partial charge < -0.3 is 10.1 Å². The van der Waals surface area contributed by atoms with Crippen LogP contribution in [-0.4, -0.2) is 12.0 Å². The molecule has 0 fully saturated rings. The molecule has 3 aromatic rings. The van der Waals surface area contributed by atoms with Crippen molar-refractivity contribution in [3.63, 3.8) is 0 Å². The molecule has 0 aliphatic rings. The van der Waals surface area contributed by atoms with E-state index in [0.29, 0.717) is 5.75 Å². The van der Waals surface area contributed by atoms with Crippen molar-refractivity contribution >= 4 is 34.0 Å². The normalized spacial score (nSPS) is 12.0. The van der Waals surface area contributed by atoms with Crippen LogP contribution < -0.4 is 10.1 Å². The van der Waals surface area contributed by atoms with Gasteiger partial charge in [-0.3, -0.25) is 4.79 Å². The summed E-state index contributed by atoms with van der Waals surface area (Å²) in [5.74, 6) is 0.446. The van der Waals surface area contributed by atoms with E-state index in [9.17, 15) is 4.79 Å². The number of amides is 1. The summed E-state index contributed by atoms with van der Waals surface area (Å²) in [6.45, 7) is 5.58. The van der Waals surface area contributed by atoms with Crippen LogP contribution in [-0.2, 0) is 4.79 Å². The molecule has 4 heteroatoms. The Morgan fingerprint density at radius 1 is 1.04 bits per heavy atom. The highest BCUT2D eigenvalue weighted by Crippen LogP contribution is 2.27. The van der Waals surface area contributed by atoms with E-state index in [0.717, 1.165) is 32.6 Å². The van der Waals surface area contributed by atoms with E-state index >= 15 is 0 Å². The van der Waals surface area contributed by atoms with Gasteiger partial charge in [0.2, 0.25) is 0 Å². The molecule has 3 aromatic carbocycles. The number of carbonyl (C=O) groups excluding carboxylic acids is 1. The zero-order valence-corrected chi connectivity index (χ0v) is 15.2. The SMILES string of the molecule is Cc1cc(OC(C)C(=O)Nc2cccc3ccccc23)cc(C)c1Cl. The quantitative estimate of drug-likeness (QED) is 0.671. The second-order valence-corrected chi connectivity index (χ2v) is 6.53. The second-order valence-electron chi connectivity index (χ2n) is 6.15. The van der Waals surface area contributed by atoms with Crippen molar-refractivity contribution < 1.29 is 9.53 Å². The first kappa shape index (κ1) is 17.3. The van der Waals surface area contributed by atoms with Crippen LogP contribution in [0.3, 0.4) is 0 Å². The third-order valence-electron chi connectivity index (χ3n) is 4.14. The third-order valence-corrected chi connectivity index (χ3v) is 4.74. The number of fused-ring (bicyclic) bond motifs is 1. The van der Waals surface area contributed by atoms with Gasteiger partial charge in [-0.1, -0.05) is 48.0 Å². The van der Waals surface area contributed by atoms with Gasteiger partial charge in [0.1, 0.15) is 5.75 Å². The number of hydrogen-bond acceptors (Lipinski definition) is 2. The summed E-state index contributed by atoms with van der Waals surface area (Å²) in [5.41, 5.74) is 2.64. The smallest absolute Gasteiger partial charge is 0.265 e. The van der Waals surface area contributed by atoms with Crippen molar-refractivity contribution in [1.82, 2.24) is 0 Å². The fourth-order valence-corrected chi connectivity index (χ4v) is 2.91. The zero-order valence-electron chi connectivity index (χ0n) is 14.5. The number of hydrogen-bond donors (Lipinski definition) is 1. The maximum absolute atomic E-state index is 12.5. The standard InChI is InChI=1S/C21H20ClNO2/c1-13-11-17(12-14(2)20(13)22)25-15(3)21(24)23-19-10-6-8-16-7-4-5-9-18(16)19/h4-12,15H,1-3H3,(H,23,24). The average Bonchev–Trinajstić information content (AvgIpc) is 2.60. The number of nitrogens with one attached hydrogen (secondary N) is 1. The summed E-state index contributed by atoms with van der Waals surface area (Å²) in [6.07, 6.45) is -0.626. The minimum Gasteiger partial charge on any atom is -0.481 e. The Labute approximate surface area is 152 Å². The molecule has 128 valence electrons. The number of carbonyl (C=O) groups is 1. The molecule has 0 aromatic heterocycles. The summed E-state index contributed by atoms with van der Waals surface area (Å²) in [6, 6.07) is 17.5. The summed E-state index contributed by atoms with van der Waals surface area (Å²) in [5, 5.41) is 5.76. The lowest BCUT2D eigenvalue weighted by molar-refractivity contribution is -0.122. The van der Waals surface area contributed by atoms with Crippen molar-refractivity contribution in [2.24, 2.45) is 0 Å². The summed E-state index contributed by atoms with van der Waals surface area (Å²) < 4.78 is 5.81. The zero-order chi connectivity index (χ0) is 18.0. The lowest BCUT2D eigenvalue weighted by atomic mass is 10.1. The van der Waals surface area contributed by atoms with Crippen molar-refractivity contribution in [1.29, 1.82) is 0 Å². The maximum Gasteiger partial charge on any atom is 0.265 e. The van der Waals surface area contributed by atoms with Gasteiger partial charge in [0.15, 0.2) is 6.10 Å². The van der Waals surface area contributed by atoms with Crippen LogP contribution in [0.2, 0.25) is 5.02 Å². The van der Waals surface area contributed by atoms with E-state index in [4.69, 9.17) is 16.3 Å². The van der Waals surface area contributed by atoms with Crippen molar-refractivity contribution in [2.45, 2.75) is 26.9 Å². The Morgan fingerprint density at radius 3 is 2.40 bits per heavy atom. The summed E-state index contributed by atoms with van der Waals surface area (Å²) >= 11 is 6.18. The van der Waals surface area contributed by atoms with Crippen LogP contribution in [0.25, 0.3) is 10.8 Å². The molecule has 0 bridgehead atoms. The number of halogens is 1. The molecule has 0 saturated heterocycles. The molecule has 0 spiro atoms. The van der Waals surface area contributed by atoms with E-state index < -0.39 is 6.10 Å².